The Morgan fingerprint density at radius 3 is 2.39 bits per heavy atom. The Kier molecular flexibility index (Phi) is 5.02. The van der Waals surface area contributed by atoms with Gasteiger partial charge in [0.1, 0.15) is 0 Å². The number of amides is 1. The third-order valence-corrected chi connectivity index (χ3v) is 6.37. The van der Waals surface area contributed by atoms with Crippen molar-refractivity contribution in [1.29, 1.82) is 0 Å². The molecule has 1 aliphatic rings. The van der Waals surface area contributed by atoms with Gasteiger partial charge in [0.05, 0.1) is 10.6 Å². The van der Waals surface area contributed by atoms with Crippen molar-refractivity contribution in [3.05, 3.63) is 94.4 Å². The Hall–Kier alpha value is -3.48. The number of rotatable bonds is 3. The van der Waals surface area contributed by atoms with E-state index < -0.39 is 0 Å². The van der Waals surface area contributed by atoms with Gasteiger partial charge < -0.3 is 9.88 Å². The first-order valence-corrected chi connectivity index (χ1v) is 10.8. The molecular formula is C24H17ClN4OS. The molecule has 5 rings (SSSR count). The molecule has 0 spiro atoms. The number of carbonyl (C=O) groups is 1. The van der Waals surface area contributed by atoms with Crippen LogP contribution in [0.25, 0.3) is 21.6 Å². The van der Waals surface area contributed by atoms with Gasteiger partial charge in [-0.05, 0) is 34.9 Å². The highest BCUT2D eigenvalue weighted by Gasteiger charge is 2.26. The molecule has 1 N–H and O–H groups in total. The first kappa shape index (κ1) is 19.5. The first-order valence-electron chi connectivity index (χ1n) is 9.64. The van der Waals surface area contributed by atoms with Gasteiger partial charge in [-0.2, -0.15) is 0 Å². The van der Waals surface area contributed by atoms with E-state index in [1.165, 1.54) is 22.5 Å². The molecule has 4 aromatic rings. The van der Waals surface area contributed by atoms with Crippen LogP contribution in [-0.4, -0.2) is 16.2 Å². The molecule has 1 amide bonds. The highest BCUT2D eigenvalue weighted by Crippen LogP contribution is 2.28. The van der Waals surface area contributed by atoms with Crippen LogP contribution in [0.15, 0.2) is 89.2 Å². The monoisotopic (exact) mass is 444 g/mol. The number of anilines is 1. The summed E-state index contributed by atoms with van der Waals surface area (Å²) in [6.45, 7) is 0. The summed E-state index contributed by atoms with van der Waals surface area (Å²) < 4.78 is 1.90. The first-order chi connectivity index (χ1) is 15.1. The fourth-order valence-corrected chi connectivity index (χ4v) is 4.54. The molecule has 0 radical (unpaired) electrons. The maximum atomic E-state index is 12.3. The smallest absolute Gasteiger partial charge is 0.276 e. The summed E-state index contributed by atoms with van der Waals surface area (Å²) in [5, 5.41) is 11.9. The lowest BCUT2D eigenvalue weighted by Crippen LogP contribution is -2.15. The second-order valence-electron chi connectivity index (χ2n) is 7.12. The van der Waals surface area contributed by atoms with E-state index in [4.69, 9.17) is 11.6 Å². The summed E-state index contributed by atoms with van der Waals surface area (Å²) in [5.74, 6) is -0.281. The van der Waals surface area contributed by atoms with Crippen LogP contribution in [0.2, 0.25) is 5.02 Å². The number of hydrogen-bond acceptors (Lipinski definition) is 4. The van der Waals surface area contributed by atoms with Crippen molar-refractivity contribution in [2.75, 3.05) is 5.32 Å². The molecule has 7 heteroatoms. The number of hydrogen-bond donors (Lipinski definition) is 1. The zero-order valence-corrected chi connectivity index (χ0v) is 18.1. The van der Waals surface area contributed by atoms with Gasteiger partial charge in [-0.1, -0.05) is 77.5 Å². The molecule has 5 nitrogen and oxygen atoms in total. The largest absolute Gasteiger partial charge is 0.325 e. The van der Waals surface area contributed by atoms with Gasteiger partial charge >= 0.3 is 0 Å². The fraction of sp³-hybridized carbons (Fsp3) is 0.0417. The van der Waals surface area contributed by atoms with Gasteiger partial charge in [-0.3, -0.25) is 4.79 Å². The number of aryl methyl sites for hydroxylation is 1. The lowest BCUT2D eigenvalue weighted by molar-refractivity contribution is -0.110. The van der Waals surface area contributed by atoms with Crippen LogP contribution >= 0.6 is 22.9 Å². The molecule has 3 aromatic carbocycles. The number of thiazole rings is 1. The van der Waals surface area contributed by atoms with E-state index >= 15 is 0 Å². The standard InChI is InChI=1S/C24H17ClN4OS/c1-29-14-21(17-9-7-16(8-10-17)15-5-3-2-4-6-15)31-24(29)28-27-22-19-13-18(25)11-12-20(19)26-23(22)30/h2-14H,1H3,(H,26,27,30)/b28-24+. The summed E-state index contributed by atoms with van der Waals surface area (Å²) >= 11 is 7.59. The van der Waals surface area contributed by atoms with Crippen molar-refractivity contribution in [3.63, 3.8) is 0 Å². The Labute approximate surface area is 188 Å². The number of halogens is 1. The van der Waals surface area contributed by atoms with Crippen molar-refractivity contribution in [2.24, 2.45) is 17.3 Å². The lowest BCUT2D eigenvalue weighted by atomic mass is 10.0. The Bertz CT molecular complexity index is 1390. The topological polar surface area (TPSA) is 58.8 Å². The van der Waals surface area contributed by atoms with Crippen LogP contribution in [0.4, 0.5) is 5.69 Å². The Morgan fingerprint density at radius 1 is 0.903 bits per heavy atom. The summed E-state index contributed by atoms with van der Waals surface area (Å²) in [4.78, 5) is 14.0. The van der Waals surface area contributed by atoms with Gasteiger partial charge in [-0.25, -0.2) is 0 Å². The van der Waals surface area contributed by atoms with Crippen LogP contribution in [0.5, 0.6) is 0 Å². The van der Waals surface area contributed by atoms with E-state index in [0.717, 1.165) is 10.4 Å². The predicted molar refractivity (Wildman–Crippen MR) is 126 cm³/mol. The number of nitrogens with one attached hydrogen (secondary N) is 1. The zero-order chi connectivity index (χ0) is 21.4. The molecule has 2 heterocycles. The minimum Gasteiger partial charge on any atom is -0.325 e. The van der Waals surface area contributed by atoms with Crippen molar-refractivity contribution >= 4 is 40.2 Å². The lowest BCUT2D eigenvalue weighted by Gasteiger charge is -2.02. The summed E-state index contributed by atoms with van der Waals surface area (Å²) in [7, 11) is 1.91. The summed E-state index contributed by atoms with van der Waals surface area (Å²) in [5.41, 5.74) is 5.08. The van der Waals surface area contributed by atoms with Crippen LogP contribution in [0.1, 0.15) is 5.56 Å². The van der Waals surface area contributed by atoms with Gasteiger partial charge in [0.15, 0.2) is 5.71 Å². The normalized spacial score (nSPS) is 14.7. The highest BCUT2D eigenvalue weighted by atomic mass is 35.5. The van der Waals surface area contributed by atoms with Crippen LogP contribution in [0, 0.1) is 0 Å². The highest BCUT2D eigenvalue weighted by molar-refractivity contribution is 7.12. The van der Waals surface area contributed by atoms with Gasteiger partial charge in [0, 0.05) is 23.8 Å². The van der Waals surface area contributed by atoms with Crippen LogP contribution in [0.3, 0.4) is 0 Å². The average Bonchev–Trinajstić information content (AvgIpc) is 3.31. The molecule has 0 fully saturated rings. The Morgan fingerprint density at radius 2 is 1.61 bits per heavy atom. The third kappa shape index (κ3) is 3.83. The van der Waals surface area contributed by atoms with Gasteiger partial charge in [0.2, 0.25) is 4.80 Å². The summed E-state index contributed by atoms with van der Waals surface area (Å²) in [6, 6.07) is 23.9. The van der Waals surface area contributed by atoms with Crippen molar-refractivity contribution in [3.8, 4) is 21.6 Å². The molecule has 0 saturated carbocycles. The van der Waals surface area contributed by atoms with E-state index in [1.54, 1.807) is 18.2 Å². The maximum absolute atomic E-state index is 12.3. The molecule has 152 valence electrons. The third-order valence-electron chi connectivity index (χ3n) is 5.03. The summed E-state index contributed by atoms with van der Waals surface area (Å²) in [6.07, 6.45) is 2.01. The van der Waals surface area contributed by atoms with E-state index in [2.05, 4.69) is 51.9 Å². The molecule has 31 heavy (non-hydrogen) atoms. The van der Waals surface area contributed by atoms with E-state index in [-0.39, 0.29) is 11.6 Å². The predicted octanol–water partition coefficient (Wildman–Crippen LogP) is 5.33. The maximum Gasteiger partial charge on any atom is 0.276 e. The van der Waals surface area contributed by atoms with Crippen LogP contribution in [-0.2, 0) is 11.8 Å². The van der Waals surface area contributed by atoms with Gasteiger partial charge in [0.25, 0.3) is 5.91 Å². The number of benzene rings is 3. The average molecular weight is 445 g/mol. The Balaban J connectivity index is 1.47. The number of nitrogens with zero attached hydrogens (tertiary/aromatic N) is 3. The minimum absolute atomic E-state index is 0.264. The molecular weight excluding hydrogens is 428 g/mol. The molecule has 0 atom stereocenters. The van der Waals surface area contributed by atoms with E-state index in [9.17, 15) is 4.79 Å². The van der Waals surface area contributed by atoms with Gasteiger partial charge in [-0.15, -0.1) is 10.2 Å². The number of carbonyl (C=O) groups excluding carboxylic acids is 1. The second-order valence-corrected chi connectivity index (χ2v) is 8.57. The van der Waals surface area contributed by atoms with E-state index in [1.807, 2.05) is 36.0 Å². The minimum atomic E-state index is -0.281. The molecule has 1 aliphatic heterocycles. The van der Waals surface area contributed by atoms with Crippen LogP contribution < -0.4 is 10.1 Å². The molecule has 0 aliphatic carbocycles. The zero-order valence-electron chi connectivity index (χ0n) is 16.5. The van der Waals surface area contributed by atoms with Crippen molar-refractivity contribution in [2.45, 2.75) is 0 Å². The number of fused-ring (bicyclic) bond motifs is 1. The van der Waals surface area contributed by atoms with Crippen molar-refractivity contribution in [1.82, 2.24) is 4.57 Å². The fourth-order valence-electron chi connectivity index (χ4n) is 3.43. The molecule has 0 saturated heterocycles. The van der Waals surface area contributed by atoms with Crippen molar-refractivity contribution < 1.29 is 4.79 Å². The molecule has 1 aromatic heterocycles. The quantitative estimate of drug-likeness (QED) is 0.426. The SMILES string of the molecule is Cn1cc(-c2ccc(-c3ccccc3)cc2)s/c1=N/N=C1\C(=O)Nc2ccc(Cl)cc21. The number of aromatic nitrogens is 1. The second kappa shape index (κ2) is 7.98. The molecule has 0 unspecified atom stereocenters. The van der Waals surface area contributed by atoms with E-state index in [0.29, 0.717) is 21.1 Å². The molecule has 0 bridgehead atoms.